The van der Waals surface area contributed by atoms with Crippen LogP contribution in [0.25, 0.3) is 4.96 Å². The molecule has 2 aromatic heterocycles. The van der Waals surface area contributed by atoms with Crippen LogP contribution < -0.4 is 4.90 Å². The third-order valence-electron chi connectivity index (χ3n) is 2.86. The SMILES string of the molecule is CCN(CC(C)C#N)c1nc2sccn2c1CBr. The molecule has 0 saturated carbocycles. The molecule has 0 N–H and O–H groups in total. The molecule has 0 aromatic carbocycles. The average Bonchev–Trinajstić information content (AvgIpc) is 2.95. The Balaban J connectivity index is 2.38. The van der Waals surface area contributed by atoms with Crippen LogP contribution in [0.3, 0.4) is 0 Å². The van der Waals surface area contributed by atoms with Gasteiger partial charge >= 0.3 is 0 Å². The predicted octanol–water partition coefficient (Wildman–Crippen LogP) is 3.28. The van der Waals surface area contributed by atoms with Gasteiger partial charge in [-0.1, -0.05) is 15.9 Å². The molecule has 0 fully saturated rings. The Hall–Kier alpha value is -1.06. The van der Waals surface area contributed by atoms with Gasteiger partial charge in [0.2, 0.25) is 0 Å². The molecule has 0 aliphatic carbocycles. The molecule has 6 heteroatoms. The zero-order valence-electron chi connectivity index (χ0n) is 10.4. The maximum absolute atomic E-state index is 8.94. The Morgan fingerprint density at radius 1 is 1.67 bits per heavy atom. The Kier molecular flexibility index (Phi) is 4.25. The quantitative estimate of drug-likeness (QED) is 0.792. The Morgan fingerprint density at radius 3 is 3.06 bits per heavy atom. The van der Waals surface area contributed by atoms with Crippen molar-refractivity contribution < 1.29 is 0 Å². The molecular weight excluding hydrogens is 312 g/mol. The van der Waals surface area contributed by atoms with Gasteiger partial charge in [0.05, 0.1) is 17.7 Å². The van der Waals surface area contributed by atoms with Crippen LogP contribution >= 0.6 is 27.3 Å². The minimum Gasteiger partial charge on any atom is -0.354 e. The summed E-state index contributed by atoms with van der Waals surface area (Å²) in [6.07, 6.45) is 2.04. The standard InChI is InChI=1S/C12H15BrN4S/c1-3-16(8-9(2)7-14)11-10(6-13)17-4-5-18-12(17)15-11/h4-5,9H,3,6,8H2,1-2H3. The number of hydrogen-bond donors (Lipinski definition) is 0. The van der Waals surface area contributed by atoms with E-state index in [1.807, 2.05) is 18.5 Å². The van der Waals surface area contributed by atoms with Crippen molar-refractivity contribution in [2.24, 2.45) is 5.92 Å². The molecule has 2 rings (SSSR count). The van der Waals surface area contributed by atoms with Crippen LogP contribution in [0, 0.1) is 17.2 Å². The summed E-state index contributed by atoms with van der Waals surface area (Å²) in [5, 5.41) is 11.7. The van der Waals surface area contributed by atoms with Crippen molar-refractivity contribution in [1.29, 1.82) is 5.26 Å². The zero-order valence-corrected chi connectivity index (χ0v) is 12.8. The van der Waals surface area contributed by atoms with Crippen molar-refractivity contribution in [3.8, 4) is 6.07 Å². The van der Waals surface area contributed by atoms with Crippen LogP contribution in [0.1, 0.15) is 19.5 Å². The smallest absolute Gasteiger partial charge is 0.195 e. The van der Waals surface area contributed by atoms with Gasteiger partial charge in [-0.25, -0.2) is 4.98 Å². The van der Waals surface area contributed by atoms with E-state index in [1.54, 1.807) is 11.3 Å². The van der Waals surface area contributed by atoms with Crippen molar-refractivity contribution in [2.75, 3.05) is 18.0 Å². The molecular formula is C12H15BrN4S. The second kappa shape index (κ2) is 5.72. The fraction of sp³-hybridized carbons (Fsp3) is 0.500. The van der Waals surface area contributed by atoms with E-state index in [1.165, 1.54) is 0 Å². The van der Waals surface area contributed by atoms with E-state index < -0.39 is 0 Å². The lowest BCUT2D eigenvalue weighted by atomic mass is 10.2. The molecule has 0 aliphatic heterocycles. The van der Waals surface area contributed by atoms with E-state index in [9.17, 15) is 0 Å². The predicted molar refractivity (Wildman–Crippen MR) is 78.4 cm³/mol. The van der Waals surface area contributed by atoms with Crippen LogP contribution in [-0.4, -0.2) is 22.5 Å². The topological polar surface area (TPSA) is 44.3 Å². The van der Waals surface area contributed by atoms with Gasteiger partial charge in [-0.15, -0.1) is 11.3 Å². The number of nitriles is 1. The van der Waals surface area contributed by atoms with E-state index in [0.717, 1.165) is 34.9 Å². The van der Waals surface area contributed by atoms with E-state index in [0.29, 0.717) is 0 Å². The van der Waals surface area contributed by atoms with Gasteiger partial charge in [0.1, 0.15) is 0 Å². The van der Waals surface area contributed by atoms with E-state index in [2.05, 4.69) is 43.2 Å². The first kappa shape index (κ1) is 13.4. The summed E-state index contributed by atoms with van der Waals surface area (Å²) in [5.41, 5.74) is 1.15. The molecule has 1 unspecified atom stereocenters. The number of hydrogen-bond acceptors (Lipinski definition) is 4. The summed E-state index contributed by atoms with van der Waals surface area (Å²) in [7, 11) is 0. The Labute approximate surface area is 119 Å². The lowest BCUT2D eigenvalue weighted by Gasteiger charge is -2.22. The summed E-state index contributed by atoms with van der Waals surface area (Å²) in [5.74, 6) is 0.996. The van der Waals surface area contributed by atoms with Crippen LogP contribution in [0.2, 0.25) is 0 Å². The third-order valence-corrected chi connectivity index (χ3v) is 4.15. The lowest BCUT2D eigenvalue weighted by Crippen LogP contribution is -2.28. The van der Waals surface area contributed by atoms with Crippen molar-refractivity contribution in [3.63, 3.8) is 0 Å². The number of nitrogens with zero attached hydrogens (tertiary/aromatic N) is 4. The molecule has 0 amide bonds. The highest BCUT2D eigenvalue weighted by molar-refractivity contribution is 9.08. The number of rotatable bonds is 5. The molecule has 0 saturated heterocycles. The van der Waals surface area contributed by atoms with Crippen LogP contribution in [0.5, 0.6) is 0 Å². The summed E-state index contributed by atoms with van der Waals surface area (Å²) in [6, 6.07) is 2.28. The first-order valence-electron chi connectivity index (χ1n) is 5.86. The number of alkyl halides is 1. The van der Waals surface area contributed by atoms with Gasteiger partial charge < -0.3 is 4.90 Å². The number of halogens is 1. The first-order chi connectivity index (χ1) is 8.71. The fourth-order valence-corrected chi connectivity index (χ4v) is 3.18. The number of imidazole rings is 1. The number of aromatic nitrogens is 2. The molecule has 18 heavy (non-hydrogen) atoms. The van der Waals surface area contributed by atoms with E-state index >= 15 is 0 Å². The zero-order chi connectivity index (χ0) is 13.1. The maximum atomic E-state index is 8.94. The first-order valence-corrected chi connectivity index (χ1v) is 7.86. The average molecular weight is 327 g/mol. The molecule has 0 aliphatic rings. The molecule has 0 radical (unpaired) electrons. The summed E-state index contributed by atoms with van der Waals surface area (Å²) in [4.78, 5) is 7.84. The highest BCUT2D eigenvalue weighted by atomic mass is 79.9. The second-order valence-corrected chi connectivity index (χ2v) is 5.57. The molecule has 0 bridgehead atoms. The summed E-state index contributed by atoms with van der Waals surface area (Å²) in [6.45, 7) is 5.61. The van der Waals surface area contributed by atoms with Crippen LogP contribution in [0.15, 0.2) is 11.6 Å². The van der Waals surface area contributed by atoms with Gasteiger partial charge in [-0.2, -0.15) is 5.26 Å². The monoisotopic (exact) mass is 326 g/mol. The molecule has 0 spiro atoms. The maximum Gasteiger partial charge on any atom is 0.195 e. The van der Waals surface area contributed by atoms with Crippen molar-refractivity contribution in [2.45, 2.75) is 19.2 Å². The van der Waals surface area contributed by atoms with Crippen LogP contribution in [0.4, 0.5) is 5.82 Å². The van der Waals surface area contributed by atoms with E-state index in [-0.39, 0.29) is 5.92 Å². The van der Waals surface area contributed by atoms with Gasteiger partial charge in [-0.3, -0.25) is 4.40 Å². The molecule has 2 heterocycles. The number of anilines is 1. The molecule has 4 nitrogen and oxygen atoms in total. The highest BCUT2D eigenvalue weighted by Crippen LogP contribution is 2.26. The minimum atomic E-state index is 0.00728. The van der Waals surface area contributed by atoms with Crippen molar-refractivity contribution in [1.82, 2.24) is 9.38 Å². The van der Waals surface area contributed by atoms with Gasteiger partial charge in [-0.05, 0) is 13.8 Å². The molecule has 96 valence electrons. The molecule has 1 atom stereocenters. The summed E-state index contributed by atoms with van der Waals surface area (Å²) >= 11 is 5.16. The molecule has 2 aromatic rings. The van der Waals surface area contributed by atoms with Gasteiger partial charge in [0, 0.05) is 30.0 Å². The minimum absolute atomic E-state index is 0.00728. The number of fused-ring (bicyclic) bond motifs is 1. The summed E-state index contributed by atoms with van der Waals surface area (Å²) < 4.78 is 2.11. The van der Waals surface area contributed by atoms with Crippen LogP contribution in [-0.2, 0) is 5.33 Å². The lowest BCUT2D eigenvalue weighted by molar-refractivity contribution is 0.679. The number of thiazole rings is 1. The van der Waals surface area contributed by atoms with Gasteiger partial charge in [0.15, 0.2) is 10.8 Å². The van der Waals surface area contributed by atoms with E-state index in [4.69, 9.17) is 5.26 Å². The largest absolute Gasteiger partial charge is 0.354 e. The fourth-order valence-electron chi connectivity index (χ4n) is 1.94. The van der Waals surface area contributed by atoms with Crippen molar-refractivity contribution >= 4 is 38.0 Å². The Morgan fingerprint density at radius 2 is 2.44 bits per heavy atom. The Bertz CT molecular complexity index is 568. The third kappa shape index (κ3) is 2.38. The normalized spacial score (nSPS) is 12.6. The highest BCUT2D eigenvalue weighted by Gasteiger charge is 2.18. The van der Waals surface area contributed by atoms with Crippen molar-refractivity contribution in [3.05, 3.63) is 17.3 Å². The second-order valence-electron chi connectivity index (χ2n) is 4.14. The van der Waals surface area contributed by atoms with Gasteiger partial charge in [0.25, 0.3) is 0 Å².